The number of benzene rings is 4. The smallest absolute Gasteiger partial charge is 0.0701 e. The minimum Gasteiger partial charge on any atom is -0.309 e. The zero-order chi connectivity index (χ0) is 29.8. The Labute approximate surface area is 262 Å². The molecule has 44 heavy (non-hydrogen) atoms. The van der Waals surface area contributed by atoms with Crippen molar-refractivity contribution in [3.8, 4) is 17.2 Å². The number of nitriles is 1. The van der Waals surface area contributed by atoms with E-state index in [1.54, 1.807) is 0 Å². The van der Waals surface area contributed by atoms with Crippen molar-refractivity contribution in [3.05, 3.63) is 143 Å². The topological polar surface area (TPSA) is 28.7 Å². The molecule has 212 valence electrons. The van der Waals surface area contributed by atoms with Gasteiger partial charge in [-0.2, -0.15) is 5.26 Å². The van der Waals surface area contributed by atoms with Gasteiger partial charge in [0.05, 0.1) is 28.7 Å². The van der Waals surface area contributed by atoms with Crippen LogP contribution in [0.15, 0.2) is 131 Å². The molecular formula is C41H32N2S. The Morgan fingerprint density at radius 2 is 1.52 bits per heavy atom. The molecule has 4 aromatic carbocycles. The lowest BCUT2D eigenvalue weighted by Crippen LogP contribution is -2.24. The Kier molecular flexibility index (Phi) is 5.31. The van der Waals surface area contributed by atoms with Crippen LogP contribution in [0.3, 0.4) is 0 Å². The van der Waals surface area contributed by atoms with Crippen LogP contribution in [0.4, 0.5) is 0 Å². The molecule has 3 atom stereocenters. The molecule has 9 rings (SSSR count). The summed E-state index contributed by atoms with van der Waals surface area (Å²) in [7, 11) is 0. The van der Waals surface area contributed by atoms with E-state index >= 15 is 0 Å². The van der Waals surface area contributed by atoms with Gasteiger partial charge in [0.15, 0.2) is 0 Å². The maximum Gasteiger partial charge on any atom is 0.0701 e. The normalized spacial score (nSPS) is 24.2. The molecule has 0 bridgehead atoms. The molecule has 2 heterocycles. The van der Waals surface area contributed by atoms with Crippen LogP contribution in [0.1, 0.15) is 49.8 Å². The molecular weight excluding hydrogens is 553 g/mol. The number of fused-ring (bicyclic) bond motifs is 10. The number of nitrogens with zero attached hydrogens (tertiary/aromatic N) is 2. The fourth-order valence-electron chi connectivity index (χ4n) is 8.28. The Morgan fingerprint density at radius 1 is 0.818 bits per heavy atom. The van der Waals surface area contributed by atoms with Crippen LogP contribution in [0.2, 0.25) is 0 Å². The van der Waals surface area contributed by atoms with Crippen molar-refractivity contribution >= 4 is 39.3 Å². The summed E-state index contributed by atoms with van der Waals surface area (Å²) in [5, 5.41) is 12.5. The highest BCUT2D eigenvalue weighted by atomic mass is 32.2. The Balaban J connectivity index is 1.20. The standard InChI is InChI=1S/C41H32N2S/c1-40(2)33-13-7-4-10-28(33)31-18-19-32-34-23-26(20-21-41(34,3)44-39(32)38(31)40)27-17-16-25(24-42)22-37(27)43-35-14-8-5-11-29(35)30-12-6-9-15-36(30)43/h4-15,17-23,25,34H,16H2,1-3H3. The van der Waals surface area contributed by atoms with Crippen LogP contribution < -0.4 is 0 Å². The Bertz CT molecular complexity index is 2190. The number of allylic oxidation sites excluding steroid dienone is 7. The van der Waals surface area contributed by atoms with Crippen molar-refractivity contribution < 1.29 is 0 Å². The summed E-state index contributed by atoms with van der Waals surface area (Å²) in [4.78, 5) is 1.46. The summed E-state index contributed by atoms with van der Waals surface area (Å²) < 4.78 is 2.33. The first-order chi connectivity index (χ1) is 21.4. The van der Waals surface area contributed by atoms with Crippen LogP contribution in [0.5, 0.6) is 0 Å². The lowest BCUT2D eigenvalue weighted by Gasteiger charge is -2.31. The van der Waals surface area contributed by atoms with Crippen molar-refractivity contribution in [3.63, 3.8) is 0 Å². The van der Waals surface area contributed by atoms with Crippen LogP contribution in [0, 0.1) is 17.2 Å². The molecule has 4 aliphatic rings. The SMILES string of the molecule is CC1(C)c2ccccc2-c2ccc3c(c21)SC1(C)C=CC(C2=CCC(C#N)C=C2n2c4ccccc4c4ccccc42)=CC31. The minimum absolute atomic E-state index is 0.0327. The van der Waals surface area contributed by atoms with E-state index < -0.39 is 0 Å². The predicted molar refractivity (Wildman–Crippen MR) is 184 cm³/mol. The van der Waals surface area contributed by atoms with Crippen LogP contribution in [-0.4, -0.2) is 9.31 Å². The lowest BCUT2D eigenvalue weighted by molar-refractivity contribution is 0.642. The van der Waals surface area contributed by atoms with Gasteiger partial charge in [0.25, 0.3) is 0 Å². The molecule has 1 aromatic heterocycles. The third kappa shape index (κ3) is 3.38. The molecule has 3 unspecified atom stereocenters. The van der Waals surface area contributed by atoms with E-state index in [2.05, 4.69) is 147 Å². The van der Waals surface area contributed by atoms with Crippen LogP contribution >= 0.6 is 11.8 Å². The summed E-state index contributed by atoms with van der Waals surface area (Å²) >= 11 is 2.04. The highest BCUT2D eigenvalue weighted by Crippen LogP contribution is 2.63. The lowest BCUT2D eigenvalue weighted by atomic mass is 9.76. The third-order valence-electron chi connectivity index (χ3n) is 10.4. The molecule has 0 radical (unpaired) electrons. The average Bonchev–Trinajstić information content (AvgIpc) is 3.63. The van der Waals surface area contributed by atoms with Gasteiger partial charge in [0.2, 0.25) is 0 Å². The van der Waals surface area contributed by atoms with E-state index in [1.165, 1.54) is 65.7 Å². The summed E-state index contributed by atoms with van der Waals surface area (Å²) in [6.45, 7) is 7.18. The van der Waals surface area contributed by atoms with E-state index in [9.17, 15) is 5.26 Å². The monoisotopic (exact) mass is 584 g/mol. The Hall–Kier alpha value is -4.52. The molecule has 0 saturated carbocycles. The van der Waals surface area contributed by atoms with Crippen molar-refractivity contribution in [1.29, 1.82) is 5.26 Å². The maximum absolute atomic E-state index is 10.0. The first kappa shape index (κ1) is 25.9. The molecule has 3 heteroatoms. The molecule has 3 aliphatic carbocycles. The number of hydrogen-bond donors (Lipinski definition) is 0. The molecule has 0 amide bonds. The van der Waals surface area contributed by atoms with E-state index in [-0.39, 0.29) is 22.0 Å². The quantitative estimate of drug-likeness (QED) is 0.206. The highest BCUT2D eigenvalue weighted by Gasteiger charge is 2.48. The van der Waals surface area contributed by atoms with Gasteiger partial charge in [-0.1, -0.05) is 111 Å². The zero-order valence-electron chi connectivity index (χ0n) is 25.1. The van der Waals surface area contributed by atoms with Gasteiger partial charge >= 0.3 is 0 Å². The van der Waals surface area contributed by atoms with Gasteiger partial charge in [-0.3, -0.25) is 0 Å². The summed E-state index contributed by atoms with van der Waals surface area (Å²) in [5.74, 6) is 0.114. The summed E-state index contributed by atoms with van der Waals surface area (Å²) in [5.41, 5.74) is 13.0. The minimum atomic E-state index is -0.152. The first-order valence-electron chi connectivity index (χ1n) is 15.6. The Morgan fingerprint density at radius 3 is 2.27 bits per heavy atom. The fourth-order valence-corrected chi connectivity index (χ4v) is 9.96. The molecule has 2 nitrogen and oxygen atoms in total. The number of rotatable bonds is 2. The van der Waals surface area contributed by atoms with E-state index in [1.807, 2.05) is 11.8 Å². The van der Waals surface area contributed by atoms with Crippen molar-refractivity contribution in [1.82, 2.24) is 4.57 Å². The van der Waals surface area contributed by atoms with Gasteiger partial charge in [-0.25, -0.2) is 0 Å². The molecule has 0 N–H and O–H groups in total. The van der Waals surface area contributed by atoms with E-state index in [4.69, 9.17) is 0 Å². The molecule has 0 spiro atoms. The van der Waals surface area contributed by atoms with Gasteiger partial charge in [0, 0.05) is 37.3 Å². The van der Waals surface area contributed by atoms with Gasteiger partial charge in [-0.05, 0) is 64.9 Å². The first-order valence-corrected chi connectivity index (χ1v) is 16.4. The van der Waals surface area contributed by atoms with Gasteiger partial charge in [0.1, 0.15) is 0 Å². The fraction of sp³-hybridized carbons (Fsp3) is 0.195. The highest BCUT2D eigenvalue weighted by molar-refractivity contribution is 8.01. The summed E-state index contributed by atoms with van der Waals surface area (Å²) in [6, 6.07) is 33.5. The number of thioether (sulfide) groups is 1. The second kappa shape index (κ2) is 9.00. The number of para-hydroxylation sites is 2. The summed E-state index contributed by atoms with van der Waals surface area (Å²) in [6.07, 6.45) is 12.5. The van der Waals surface area contributed by atoms with Crippen LogP contribution in [-0.2, 0) is 5.41 Å². The molecule has 0 saturated heterocycles. The molecule has 0 fully saturated rings. The maximum atomic E-state index is 10.0. The number of aromatic nitrogens is 1. The van der Waals surface area contributed by atoms with E-state index in [0.717, 1.165) is 12.1 Å². The van der Waals surface area contributed by atoms with Crippen molar-refractivity contribution in [2.24, 2.45) is 5.92 Å². The average molecular weight is 585 g/mol. The van der Waals surface area contributed by atoms with Crippen LogP contribution in [0.25, 0.3) is 38.6 Å². The van der Waals surface area contributed by atoms with Crippen molar-refractivity contribution in [2.45, 2.75) is 48.2 Å². The van der Waals surface area contributed by atoms with Gasteiger partial charge < -0.3 is 4.57 Å². The van der Waals surface area contributed by atoms with E-state index in [0.29, 0.717) is 0 Å². The largest absolute Gasteiger partial charge is 0.309 e. The third-order valence-corrected chi connectivity index (χ3v) is 11.9. The predicted octanol–water partition coefficient (Wildman–Crippen LogP) is 10.6. The molecule has 1 aliphatic heterocycles. The molecule has 5 aromatic rings. The second-order valence-corrected chi connectivity index (χ2v) is 14.8. The second-order valence-electron chi connectivity index (χ2n) is 13.3. The van der Waals surface area contributed by atoms with Crippen molar-refractivity contribution in [2.75, 3.05) is 0 Å². The number of hydrogen-bond acceptors (Lipinski definition) is 2. The zero-order valence-corrected chi connectivity index (χ0v) is 26.0. The van der Waals surface area contributed by atoms with Gasteiger partial charge in [-0.15, -0.1) is 11.8 Å².